The maximum Gasteiger partial charge on any atom is 0.300 e. The van der Waals surface area contributed by atoms with E-state index < -0.39 is 23.5 Å². The normalized spacial score (nSPS) is 17.6. The Morgan fingerprint density at radius 3 is 2.41 bits per heavy atom. The minimum atomic E-state index is -0.962. The van der Waals surface area contributed by atoms with Gasteiger partial charge in [0.1, 0.15) is 17.3 Å². The van der Waals surface area contributed by atoms with Crippen LogP contribution in [0, 0.1) is 12.7 Å². The van der Waals surface area contributed by atoms with Crippen molar-refractivity contribution >= 4 is 34.7 Å². The Morgan fingerprint density at radius 1 is 1.06 bits per heavy atom. The number of ether oxygens (including phenoxy) is 1. The third-order valence-electron chi connectivity index (χ3n) is 5.38. The monoisotopic (exact) mass is 451 g/mol. The van der Waals surface area contributed by atoms with Crippen LogP contribution in [0.2, 0.25) is 5.02 Å². The third-order valence-corrected chi connectivity index (χ3v) is 5.64. The van der Waals surface area contributed by atoms with Crippen molar-refractivity contribution in [1.29, 1.82) is 0 Å². The number of nitrogens with zero attached hydrogens (tertiary/aromatic N) is 1. The second kappa shape index (κ2) is 8.48. The number of amides is 1. The third kappa shape index (κ3) is 3.74. The van der Waals surface area contributed by atoms with Gasteiger partial charge in [-0.25, -0.2) is 4.39 Å². The van der Waals surface area contributed by atoms with E-state index in [1.54, 1.807) is 49.4 Å². The van der Waals surface area contributed by atoms with Crippen LogP contribution in [0.4, 0.5) is 10.1 Å². The summed E-state index contributed by atoms with van der Waals surface area (Å²) in [5.41, 5.74) is 1.77. The van der Waals surface area contributed by atoms with Gasteiger partial charge in [-0.15, -0.1) is 0 Å². The maximum atomic E-state index is 14.0. The molecule has 5 nitrogen and oxygen atoms in total. The van der Waals surface area contributed by atoms with Crippen LogP contribution in [0.1, 0.15) is 22.7 Å². The molecule has 1 aliphatic rings. The average molecular weight is 452 g/mol. The standard InChI is InChI=1S/C25H19ClFNO4/c1-14-12-16(8-11-20(14)32-2)23(29)21-22(15-6-9-17(26)10-7-15)28(25(31)24(21)30)19-5-3-4-18(27)13-19/h3-13,22,29H,1-2H3/b23-21+. The van der Waals surface area contributed by atoms with E-state index in [1.807, 2.05) is 0 Å². The van der Waals surface area contributed by atoms with Crippen LogP contribution in [-0.4, -0.2) is 23.9 Å². The van der Waals surface area contributed by atoms with Gasteiger partial charge in [0.15, 0.2) is 0 Å². The molecular formula is C25H19ClFNO4. The lowest BCUT2D eigenvalue weighted by Gasteiger charge is -2.25. The summed E-state index contributed by atoms with van der Waals surface area (Å²) in [6.07, 6.45) is 0. The highest BCUT2D eigenvalue weighted by Crippen LogP contribution is 2.42. The number of halogens is 2. The first-order valence-electron chi connectivity index (χ1n) is 9.79. The van der Waals surface area contributed by atoms with Crippen molar-refractivity contribution in [3.63, 3.8) is 0 Å². The minimum Gasteiger partial charge on any atom is -0.507 e. The predicted octanol–water partition coefficient (Wildman–Crippen LogP) is 5.42. The Labute approximate surface area is 189 Å². The van der Waals surface area contributed by atoms with Gasteiger partial charge in [-0.2, -0.15) is 0 Å². The van der Waals surface area contributed by atoms with Crippen molar-refractivity contribution in [2.24, 2.45) is 0 Å². The number of anilines is 1. The Kier molecular flexibility index (Phi) is 5.72. The molecule has 4 rings (SSSR count). The molecule has 7 heteroatoms. The zero-order valence-electron chi connectivity index (χ0n) is 17.3. The van der Waals surface area contributed by atoms with Crippen LogP contribution < -0.4 is 9.64 Å². The summed E-state index contributed by atoms with van der Waals surface area (Å²) < 4.78 is 19.2. The molecule has 3 aromatic carbocycles. The fourth-order valence-electron chi connectivity index (χ4n) is 3.87. The molecule has 32 heavy (non-hydrogen) atoms. The summed E-state index contributed by atoms with van der Waals surface area (Å²) >= 11 is 6.02. The summed E-state index contributed by atoms with van der Waals surface area (Å²) in [5.74, 6) is -1.98. The molecule has 1 heterocycles. The molecule has 1 fully saturated rings. The molecule has 0 spiro atoms. The highest BCUT2D eigenvalue weighted by atomic mass is 35.5. The smallest absolute Gasteiger partial charge is 0.300 e. The zero-order chi connectivity index (χ0) is 23.0. The van der Waals surface area contributed by atoms with E-state index >= 15 is 0 Å². The fourth-order valence-corrected chi connectivity index (χ4v) is 3.99. The van der Waals surface area contributed by atoms with E-state index in [4.69, 9.17) is 16.3 Å². The van der Waals surface area contributed by atoms with Gasteiger partial charge in [0.2, 0.25) is 0 Å². The summed E-state index contributed by atoms with van der Waals surface area (Å²) in [6, 6.07) is 16.0. The van der Waals surface area contributed by atoms with E-state index in [0.717, 1.165) is 5.56 Å². The van der Waals surface area contributed by atoms with Crippen LogP contribution >= 0.6 is 11.6 Å². The van der Waals surface area contributed by atoms with Crippen LogP contribution in [0.5, 0.6) is 5.75 Å². The second-order valence-corrected chi connectivity index (χ2v) is 7.82. The molecule has 1 aliphatic heterocycles. The number of hydrogen-bond donors (Lipinski definition) is 1. The van der Waals surface area contributed by atoms with E-state index in [2.05, 4.69) is 0 Å². The molecule has 3 aromatic rings. The number of Topliss-reactive ketones (excluding diaryl/α,β-unsaturated/α-hetero) is 1. The van der Waals surface area contributed by atoms with Crippen molar-refractivity contribution in [2.75, 3.05) is 12.0 Å². The van der Waals surface area contributed by atoms with Gasteiger partial charge in [-0.1, -0.05) is 29.8 Å². The maximum absolute atomic E-state index is 14.0. The molecule has 0 aromatic heterocycles. The fraction of sp³-hybridized carbons (Fsp3) is 0.120. The number of aliphatic hydroxyl groups excluding tert-OH is 1. The number of aliphatic hydroxyl groups is 1. The number of aryl methyl sites for hydroxylation is 1. The summed E-state index contributed by atoms with van der Waals surface area (Å²) in [7, 11) is 1.53. The Bertz CT molecular complexity index is 1250. The number of hydrogen-bond acceptors (Lipinski definition) is 4. The van der Waals surface area contributed by atoms with Crippen LogP contribution in [0.25, 0.3) is 5.76 Å². The number of benzene rings is 3. The van der Waals surface area contributed by atoms with E-state index in [-0.39, 0.29) is 17.0 Å². The number of ketones is 1. The number of rotatable bonds is 4. The first kappa shape index (κ1) is 21.6. The molecule has 0 bridgehead atoms. The van der Waals surface area contributed by atoms with Crippen LogP contribution in [0.3, 0.4) is 0 Å². The first-order valence-corrected chi connectivity index (χ1v) is 10.2. The zero-order valence-corrected chi connectivity index (χ0v) is 18.1. The largest absolute Gasteiger partial charge is 0.507 e. The van der Waals surface area contributed by atoms with Gasteiger partial charge in [0.05, 0.1) is 18.7 Å². The topological polar surface area (TPSA) is 66.8 Å². The highest BCUT2D eigenvalue weighted by molar-refractivity contribution is 6.51. The van der Waals surface area contributed by atoms with Crippen molar-refractivity contribution in [3.8, 4) is 5.75 Å². The molecule has 1 amide bonds. The molecule has 0 radical (unpaired) electrons. The first-order chi connectivity index (χ1) is 15.3. The lowest BCUT2D eigenvalue weighted by atomic mass is 9.94. The Hall–Kier alpha value is -3.64. The van der Waals surface area contributed by atoms with Gasteiger partial charge in [0.25, 0.3) is 11.7 Å². The number of methoxy groups -OCH3 is 1. The second-order valence-electron chi connectivity index (χ2n) is 7.38. The SMILES string of the molecule is COc1ccc(/C(O)=C2\C(=O)C(=O)N(c3cccc(F)c3)C2c2ccc(Cl)cc2)cc1C. The van der Waals surface area contributed by atoms with E-state index in [0.29, 0.717) is 21.9 Å². The minimum absolute atomic E-state index is 0.0915. The molecule has 0 saturated carbocycles. The van der Waals surface area contributed by atoms with Gasteiger partial charge >= 0.3 is 0 Å². The lowest BCUT2D eigenvalue weighted by Crippen LogP contribution is -2.29. The molecule has 1 atom stereocenters. The predicted molar refractivity (Wildman–Crippen MR) is 120 cm³/mol. The van der Waals surface area contributed by atoms with Crippen molar-refractivity contribution in [1.82, 2.24) is 0 Å². The molecular weight excluding hydrogens is 433 g/mol. The van der Waals surface area contributed by atoms with Gasteiger partial charge in [-0.05, 0) is 66.6 Å². The van der Waals surface area contributed by atoms with Crippen molar-refractivity contribution < 1.29 is 23.8 Å². The Morgan fingerprint density at radius 2 is 1.78 bits per heavy atom. The quantitative estimate of drug-likeness (QED) is 0.326. The summed E-state index contributed by atoms with van der Waals surface area (Å²) in [4.78, 5) is 27.3. The van der Waals surface area contributed by atoms with Crippen molar-refractivity contribution in [2.45, 2.75) is 13.0 Å². The molecule has 1 unspecified atom stereocenters. The summed E-state index contributed by atoms with van der Waals surface area (Å²) in [5, 5.41) is 11.6. The molecule has 1 N–H and O–H groups in total. The van der Waals surface area contributed by atoms with Crippen LogP contribution in [0.15, 0.2) is 72.3 Å². The Balaban J connectivity index is 1.94. The summed E-state index contributed by atoms with van der Waals surface area (Å²) in [6.45, 7) is 1.80. The van der Waals surface area contributed by atoms with Gasteiger partial charge in [0, 0.05) is 16.3 Å². The van der Waals surface area contributed by atoms with Crippen molar-refractivity contribution in [3.05, 3.63) is 99.8 Å². The van der Waals surface area contributed by atoms with Gasteiger partial charge < -0.3 is 9.84 Å². The number of carbonyl (C=O) groups is 2. The molecule has 0 aliphatic carbocycles. The average Bonchev–Trinajstić information content (AvgIpc) is 3.04. The van der Waals surface area contributed by atoms with E-state index in [9.17, 15) is 19.1 Å². The lowest BCUT2D eigenvalue weighted by molar-refractivity contribution is -0.132. The molecule has 162 valence electrons. The molecule has 1 saturated heterocycles. The number of carbonyl (C=O) groups excluding carboxylic acids is 2. The van der Waals surface area contributed by atoms with E-state index in [1.165, 1.54) is 36.3 Å². The van der Waals surface area contributed by atoms with Crippen LogP contribution in [-0.2, 0) is 9.59 Å². The highest BCUT2D eigenvalue weighted by Gasteiger charge is 2.47. The van der Waals surface area contributed by atoms with Gasteiger partial charge in [-0.3, -0.25) is 14.5 Å².